The van der Waals surface area contributed by atoms with Gasteiger partial charge >= 0.3 is 5.97 Å². The lowest BCUT2D eigenvalue weighted by molar-refractivity contribution is -0.138. The van der Waals surface area contributed by atoms with Crippen LogP contribution in [0.25, 0.3) is 0 Å². The lowest BCUT2D eigenvalue weighted by Gasteiger charge is -2.14. The predicted octanol–water partition coefficient (Wildman–Crippen LogP) is 2.41. The van der Waals surface area contributed by atoms with Gasteiger partial charge in [0, 0.05) is 18.8 Å². The second kappa shape index (κ2) is 5.69. The molecule has 0 unspecified atom stereocenters. The van der Waals surface area contributed by atoms with Crippen LogP contribution >= 0.6 is 0 Å². The van der Waals surface area contributed by atoms with Gasteiger partial charge in [-0.1, -0.05) is 19.1 Å². The largest absolute Gasteiger partial charge is 0.481 e. The number of carboxylic acids is 1. The van der Waals surface area contributed by atoms with E-state index >= 15 is 0 Å². The number of carboxylic acid groups (broad SMARTS) is 1. The number of allylic oxidation sites excluding steroid dienone is 2. The summed E-state index contributed by atoms with van der Waals surface area (Å²) in [5.74, 6) is -0.554. The minimum Gasteiger partial charge on any atom is -0.481 e. The maximum Gasteiger partial charge on any atom is 0.303 e. The molecule has 0 aromatic carbocycles. The minimum absolute atomic E-state index is 0.0519. The second-order valence-corrected chi connectivity index (χ2v) is 4.08. The summed E-state index contributed by atoms with van der Waals surface area (Å²) < 4.78 is 0. The lowest BCUT2D eigenvalue weighted by atomic mass is 9.89. The van der Waals surface area contributed by atoms with Gasteiger partial charge in [-0.25, -0.2) is 0 Å². The van der Waals surface area contributed by atoms with E-state index in [1.54, 1.807) is 0 Å². The fourth-order valence-corrected chi connectivity index (χ4v) is 2.18. The van der Waals surface area contributed by atoms with Gasteiger partial charge in [-0.2, -0.15) is 0 Å². The molecular weight excluding hydrogens is 192 g/mol. The highest BCUT2D eigenvalue weighted by Crippen LogP contribution is 2.33. The minimum atomic E-state index is -0.792. The maximum atomic E-state index is 11.5. The molecule has 1 aliphatic rings. The van der Waals surface area contributed by atoms with E-state index in [2.05, 4.69) is 0 Å². The molecule has 1 N–H and O–H groups in total. The molecule has 0 spiro atoms. The quantitative estimate of drug-likeness (QED) is 0.709. The zero-order valence-electron chi connectivity index (χ0n) is 9.11. The number of carbonyl (C=O) groups is 2. The first-order valence-electron chi connectivity index (χ1n) is 5.54. The molecule has 1 fully saturated rings. The van der Waals surface area contributed by atoms with Gasteiger partial charge in [-0.15, -0.1) is 0 Å². The number of hydrogen-bond acceptors (Lipinski definition) is 2. The zero-order chi connectivity index (χ0) is 11.3. The van der Waals surface area contributed by atoms with Crippen molar-refractivity contribution in [1.82, 2.24) is 0 Å². The van der Waals surface area contributed by atoms with Crippen LogP contribution in [0, 0.1) is 11.8 Å². The van der Waals surface area contributed by atoms with E-state index < -0.39 is 5.97 Å². The van der Waals surface area contributed by atoms with Crippen LogP contribution in [-0.2, 0) is 9.59 Å². The van der Waals surface area contributed by atoms with E-state index in [-0.39, 0.29) is 24.0 Å². The van der Waals surface area contributed by atoms with Gasteiger partial charge in [-0.3, -0.25) is 9.59 Å². The van der Waals surface area contributed by atoms with E-state index in [1.165, 1.54) is 0 Å². The van der Waals surface area contributed by atoms with Crippen molar-refractivity contribution in [3.63, 3.8) is 0 Å². The Hall–Kier alpha value is -1.12. The highest BCUT2D eigenvalue weighted by atomic mass is 16.4. The molecule has 1 saturated carbocycles. The van der Waals surface area contributed by atoms with Crippen molar-refractivity contribution in [2.45, 2.75) is 39.0 Å². The Bertz CT molecular complexity index is 268. The molecule has 0 saturated heterocycles. The Morgan fingerprint density at radius 2 is 2.27 bits per heavy atom. The van der Waals surface area contributed by atoms with Crippen molar-refractivity contribution in [3.05, 3.63) is 12.2 Å². The average molecular weight is 210 g/mol. The van der Waals surface area contributed by atoms with Gasteiger partial charge in [0.15, 0.2) is 0 Å². The Morgan fingerprint density at radius 1 is 1.53 bits per heavy atom. The first kappa shape index (κ1) is 12.0. The van der Waals surface area contributed by atoms with Gasteiger partial charge in [0.25, 0.3) is 0 Å². The first-order chi connectivity index (χ1) is 7.15. The fraction of sp³-hybridized carbons (Fsp3) is 0.667. The number of carbonyl (C=O) groups excluding carboxylic acids is 1. The first-order valence-corrected chi connectivity index (χ1v) is 5.54. The summed E-state index contributed by atoms with van der Waals surface area (Å²) in [6.45, 7) is 2.04. The summed E-state index contributed by atoms with van der Waals surface area (Å²) >= 11 is 0. The fourth-order valence-electron chi connectivity index (χ4n) is 2.18. The highest BCUT2D eigenvalue weighted by Gasteiger charge is 2.34. The van der Waals surface area contributed by atoms with Crippen LogP contribution in [0.1, 0.15) is 39.0 Å². The summed E-state index contributed by atoms with van der Waals surface area (Å²) in [6, 6.07) is 0. The molecule has 2 atom stereocenters. The van der Waals surface area contributed by atoms with Crippen molar-refractivity contribution in [2.24, 2.45) is 11.8 Å². The van der Waals surface area contributed by atoms with Crippen LogP contribution in [0.5, 0.6) is 0 Å². The molecule has 1 aliphatic carbocycles. The summed E-state index contributed by atoms with van der Waals surface area (Å²) in [4.78, 5) is 22.1. The zero-order valence-corrected chi connectivity index (χ0v) is 9.11. The number of ketones is 1. The predicted molar refractivity (Wildman–Crippen MR) is 57.5 cm³/mol. The number of Topliss-reactive ketones (excluding diaryl/α,β-unsaturated/α-hetero) is 1. The van der Waals surface area contributed by atoms with E-state index in [4.69, 9.17) is 5.11 Å². The van der Waals surface area contributed by atoms with Gasteiger partial charge in [-0.05, 0) is 25.2 Å². The molecule has 3 nitrogen and oxygen atoms in total. The van der Waals surface area contributed by atoms with Crippen molar-refractivity contribution in [2.75, 3.05) is 0 Å². The molecule has 1 rings (SSSR count). The van der Waals surface area contributed by atoms with Gasteiger partial charge in [0.05, 0.1) is 0 Å². The molecule has 15 heavy (non-hydrogen) atoms. The van der Waals surface area contributed by atoms with Crippen LogP contribution in [-0.4, -0.2) is 16.9 Å². The average Bonchev–Trinajstić information content (AvgIpc) is 2.49. The number of aliphatic carboxylic acids is 1. The normalized spacial score (nSPS) is 26.3. The van der Waals surface area contributed by atoms with Crippen LogP contribution < -0.4 is 0 Å². The Balaban J connectivity index is 2.52. The number of hydrogen-bond donors (Lipinski definition) is 1. The topological polar surface area (TPSA) is 54.4 Å². The molecule has 0 aromatic heterocycles. The third kappa shape index (κ3) is 3.50. The standard InChI is InChI=1S/C12H18O3/c1-2-3-4-5-10-9(8-12(14)15)6-7-11(10)13/h3-4,9-10H,2,5-8H2,1H3,(H,14,15)/t9-,10-/m1/s1. The molecule has 0 aliphatic heterocycles. The highest BCUT2D eigenvalue weighted by molar-refractivity contribution is 5.84. The molecule has 0 radical (unpaired) electrons. The summed E-state index contributed by atoms with van der Waals surface area (Å²) in [7, 11) is 0. The van der Waals surface area contributed by atoms with Crippen molar-refractivity contribution >= 4 is 11.8 Å². The molecule has 0 heterocycles. The summed E-state index contributed by atoms with van der Waals surface area (Å²) in [5, 5.41) is 8.72. The van der Waals surface area contributed by atoms with Crippen LogP contribution in [0.15, 0.2) is 12.2 Å². The molecule has 0 bridgehead atoms. The second-order valence-electron chi connectivity index (χ2n) is 4.08. The molecule has 0 aromatic rings. The van der Waals surface area contributed by atoms with Gasteiger partial charge in [0.2, 0.25) is 0 Å². The molecule has 3 heteroatoms. The van der Waals surface area contributed by atoms with Gasteiger partial charge < -0.3 is 5.11 Å². The monoisotopic (exact) mass is 210 g/mol. The van der Waals surface area contributed by atoms with Crippen molar-refractivity contribution < 1.29 is 14.7 Å². The maximum absolute atomic E-state index is 11.5. The van der Waals surface area contributed by atoms with Crippen molar-refractivity contribution in [1.29, 1.82) is 0 Å². The smallest absolute Gasteiger partial charge is 0.303 e. The summed E-state index contributed by atoms with van der Waals surface area (Å²) in [5.41, 5.74) is 0. The Labute approximate surface area is 90.2 Å². The van der Waals surface area contributed by atoms with E-state index in [9.17, 15) is 9.59 Å². The van der Waals surface area contributed by atoms with E-state index in [0.29, 0.717) is 12.8 Å². The van der Waals surface area contributed by atoms with Gasteiger partial charge in [0.1, 0.15) is 5.78 Å². The van der Waals surface area contributed by atoms with Crippen LogP contribution in [0.3, 0.4) is 0 Å². The SMILES string of the molecule is CCC=CC[C@H]1C(=O)CC[C@@H]1CC(=O)O. The lowest BCUT2D eigenvalue weighted by Crippen LogP contribution is -2.17. The Morgan fingerprint density at radius 3 is 2.87 bits per heavy atom. The third-order valence-electron chi connectivity index (χ3n) is 2.97. The van der Waals surface area contributed by atoms with Crippen LogP contribution in [0.4, 0.5) is 0 Å². The summed E-state index contributed by atoms with van der Waals surface area (Å²) in [6.07, 6.45) is 7.15. The van der Waals surface area contributed by atoms with Crippen LogP contribution in [0.2, 0.25) is 0 Å². The van der Waals surface area contributed by atoms with E-state index in [0.717, 1.165) is 12.8 Å². The number of rotatable bonds is 5. The third-order valence-corrected chi connectivity index (χ3v) is 2.97. The Kier molecular flexibility index (Phi) is 4.53. The molecule has 84 valence electrons. The molecule has 0 amide bonds. The van der Waals surface area contributed by atoms with Crippen molar-refractivity contribution in [3.8, 4) is 0 Å². The molecular formula is C12H18O3. The van der Waals surface area contributed by atoms with E-state index in [1.807, 2.05) is 19.1 Å².